The van der Waals surface area contributed by atoms with Crippen molar-refractivity contribution in [1.29, 1.82) is 0 Å². The highest BCUT2D eigenvalue weighted by molar-refractivity contribution is 5.91. The molecular weight excluding hydrogens is 204 g/mol. The number of ether oxygens (including phenoxy) is 1. The maximum atomic E-state index is 11.2. The van der Waals surface area contributed by atoms with Gasteiger partial charge in [0, 0.05) is 23.9 Å². The molecule has 0 fully saturated rings. The molecule has 0 saturated carbocycles. The van der Waals surface area contributed by atoms with Crippen molar-refractivity contribution in [2.75, 3.05) is 7.11 Å². The van der Waals surface area contributed by atoms with E-state index in [-0.39, 0.29) is 5.97 Å². The summed E-state index contributed by atoms with van der Waals surface area (Å²) in [6.07, 6.45) is 1.50. The number of rotatable bonds is 3. The molecule has 1 aromatic rings. The SMILES string of the molecule is CCn1nc(C)c(C(C)=CC(=O)OC)c1C. The zero-order chi connectivity index (χ0) is 12.3. The van der Waals surface area contributed by atoms with Crippen LogP contribution in [0.3, 0.4) is 0 Å². The molecule has 1 rings (SSSR count). The molecule has 0 saturated heterocycles. The highest BCUT2D eigenvalue weighted by Crippen LogP contribution is 2.22. The van der Waals surface area contributed by atoms with Crippen molar-refractivity contribution >= 4 is 11.5 Å². The number of esters is 1. The van der Waals surface area contributed by atoms with Gasteiger partial charge in [0.1, 0.15) is 0 Å². The fourth-order valence-corrected chi connectivity index (χ4v) is 1.88. The molecule has 0 radical (unpaired) electrons. The molecule has 4 heteroatoms. The Morgan fingerprint density at radius 2 is 2.12 bits per heavy atom. The van der Waals surface area contributed by atoms with Crippen LogP contribution in [-0.4, -0.2) is 22.9 Å². The fraction of sp³-hybridized carbons (Fsp3) is 0.500. The molecule has 1 aromatic heterocycles. The Balaban J connectivity index is 3.18. The molecule has 0 N–H and O–H groups in total. The summed E-state index contributed by atoms with van der Waals surface area (Å²) in [7, 11) is 1.38. The van der Waals surface area contributed by atoms with Gasteiger partial charge < -0.3 is 4.74 Å². The minimum atomic E-state index is -0.333. The summed E-state index contributed by atoms with van der Waals surface area (Å²) in [4.78, 5) is 11.2. The third-order valence-corrected chi connectivity index (χ3v) is 2.61. The summed E-state index contributed by atoms with van der Waals surface area (Å²) >= 11 is 0. The van der Waals surface area contributed by atoms with Gasteiger partial charge in [-0.2, -0.15) is 5.10 Å². The van der Waals surface area contributed by atoms with Gasteiger partial charge in [-0.1, -0.05) is 0 Å². The van der Waals surface area contributed by atoms with Crippen LogP contribution < -0.4 is 0 Å². The van der Waals surface area contributed by atoms with E-state index in [0.717, 1.165) is 29.1 Å². The van der Waals surface area contributed by atoms with Crippen molar-refractivity contribution < 1.29 is 9.53 Å². The molecule has 0 bridgehead atoms. The van der Waals surface area contributed by atoms with E-state index in [1.807, 2.05) is 32.4 Å². The standard InChI is InChI=1S/C12H18N2O2/c1-6-14-10(4)12(9(3)13-14)8(2)7-11(15)16-5/h7H,6H2,1-5H3. The van der Waals surface area contributed by atoms with E-state index >= 15 is 0 Å². The molecule has 0 aromatic carbocycles. The number of hydrogen-bond acceptors (Lipinski definition) is 3. The van der Waals surface area contributed by atoms with Crippen LogP contribution in [0.1, 0.15) is 30.8 Å². The topological polar surface area (TPSA) is 44.1 Å². The number of nitrogens with zero attached hydrogens (tertiary/aromatic N) is 2. The lowest BCUT2D eigenvalue weighted by Crippen LogP contribution is -2.00. The second-order valence-electron chi connectivity index (χ2n) is 3.71. The van der Waals surface area contributed by atoms with E-state index in [2.05, 4.69) is 9.84 Å². The van der Waals surface area contributed by atoms with Crippen LogP contribution in [0.2, 0.25) is 0 Å². The highest BCUT2D eigenvalue weighted by atomic mass is 16.5. The lowest BCUT2D eigenvalue weighted by molar-refractivity contribution is -0.134. The first-order valence-electron chi connectivity index (χ1n) is 5.31. The third-order valence-electron chi connectivity index (χ3n) is 2.61. The van der Waals surface area contributed by atoms with E-state index in [4.69, 9.17) is 0 Å². The zero-order valence-electron chi connectivity index (χ0n) is 10.5. The van der Waals surface area contributed by atoms with Crippen LogP contribution in [0, 0.1) is 13.8 Å². The van der Waals surface area contributed by atoms with Crippen LogP contribution >= 0.6 is 0 Å². The first-order valence-corrected chi connectivity index (χ1v) is 5.31. The summed E-state index contributed by atoms with van der Waals surface area (Å²) in [5.41, 5.74) is 3.95. The van der Waals surface area contributed by atoms with E-state index in [1.165, 1.54) is 13.2 Å². The monoisotopic (exact) mass is 222 g/mol. The summed E-state index contributed by atoms with van der Waals surface area (Å²) in [5, 5.41) is 4.41. The third kappa shape index (κ3) is 2.32. The van der Waals surface area contributed by atoms with E-state index in [9.17, 15) is 4.79 Å². The number of aryl methyl sites for hydroxylation is 2. The zero-order valence-corrected chi connectivity index (χ0v) is 10.5. The Labute approximate surface area is 95.9 Å². The van der Waals surface area contributed by atoms with Gasteiger partial charge >= 0.3 is 5.97 Å². The van der Waals surface area contributed by atoms with Gasteiger partial charge in [-0.25, -0.2) is 4.79 Å². The van der Waals surface area contributed by atoms with Crippen molar-refractivity contribution in [3.63, 3.8) is 0 Å². The fourth-order valence-electron chi connectivity index (χ4n) is 1.88. The number of carbonyl (C=O) groups is 1. The van der Waals surface area contributed by atoms with Gasteiger partial charge in [-0.15, -0.1) is 0 Å². The maximum absolute atomic E-state index is 11.2. The summed E-state index contributed by atoms with van der Waals surface area (Å²) < 4.78 is 6.54. The molecule has 0 aliphatic heterocycles. The Morgan fingerprint density at radius 1 is 1.50 bits per heavy atom. The molecule has 0 aliphatic carbocycles. The molecule has 88 valence electrons. The van der Waals surface area contributed by atoms with Crippen molar-refractivity contribution in [3.8, 4) is 0 Å². The normalized spacial score (nSPS) is 11.7. The highest BCUT2D eigenvalue weighted by Gasteiger charge is 2.12. The van der Waals surface area contributed by atoms with E-state index in [1.54, 1.807) is 0 Å². The van der Waals surface area contributed by atoms with Crippen molar-refractivity contribution in [3.05, 3.63) is 23.0 Å². The Hall–Kier alpha value is -1.58. The molecule has 0 amide bonds. The number of aromatic nitrogens is 2. The van der Waals surface area contributed by atoms with Crippen LogP contribution in [-0.2, 0) is 16.1 Å². The predicted molar refractivity (Wildman–Crippen MR) is 63.0 cm³/mol. The van der Waals surface area contributed by atoms with Gasteiger partial charge in [0.25, 0.3) is 0 Å². The second kappa shape index (κ2) is 4.96. The maximum Gasteiger partial charge on any atom is 0.330 e. The Bertz CT molecular complexity index is 430. The van der Waals surface area contributed by atoms with Gasteiger partial charge in [0.15, 0.2) is 0 Å². The lowest BCUT2D eigenvalue weighted by Gasteiger charge is -2.03. The first kappa shape index (κ1) is 12.5. The van der Waals surface area contributed by atoms with Crippen LogP contribution in [0.15, 0.2) is 6.08 Å². The molecule has 0 aliphatic rings. The van der Waals surface area contributed by atoms with Gasteiger partial charge in [-0.05, 0) is 33.3 Å². The number of allylic oxidation sites excluding steroid dienone is 1. The molecule has 0 spiro atoms. The number of carbonyl (C=O) groups excluding carboxylic acids is 1. The summed E-state index contributed by atoms with van der Waals surface area (Å²) in [5.74, 6) is -0.333. The minimum absolute atomic E-state index is 0.333. The van der Waals surface area contributed by atoms with Gasteiger partial charge in [0.05, 0.1) is 12.8 Å². The summed E-state index contributed by atoms with van der Waals surface area (Å²) in [6, 6.07) is 0. The smallest absolute Gasteiger partial charge is 0.330 e. The quantitative estimate of drug-likeness (QED) is 0.581. The van der Waals surface area contributed by atoms with E-state index in [0.29, 0.717) is 0 Å². The van der Waals surface area contributed by atoms with E-state index < -0.39 is 0 Å². The van der Waals surface area contributed by atoms with Crippen LogP contribution in [0.4, 0.5) is 0 Å². The number of methoxy groups -OCH3 is 1. The van der Waals surface area contributed by atoms with Gasteiger partial charge in [0.2, 0.25) is 0 Å². The van der Waals surface area contributed by atoms with Crippen LogP contribution in [0.25, 0.3) is 5.57 Å². The van der Waals surface area contributed by atoms with Gasteiger partial charge in [-0.3, -0.25) is 4.68 Å². The molecule has 0 atom stereocenters. The van der Waals surface area contributed by atoms with Crippen molar-refractivity contribution in [2.24, 2.45) is 0 Å². The molecular formula is C12H18N2O2. The molecule has 0 unspecified atom stereocenters. The molecule has 4 nitrogen and oxygen atoms in total. The Morgan fingerprint density at radius 3 is 2.56 bits per heavy atom. The van der Waals surface area contributed by atoms with Crippen molar-refractivity contribution in [2.45, 2.75) is 34.2 Å². The lowest BCUT2D eigenvalue weighted by atomic mass is 10.1. The average molecular weight is 222 g/mol. The first-order chi connectivity index (χ1) is 7.51. The molecule has 16 heavy (non-hydrogen) atoms. The van der Waals surface area contributed by atoms with Crippen LogP contribution in [0.5, 0.6) is 0 Å². The van der Waals surface area contributed by atoms with Crippen molar-refractivity contribution in [1.82, 2.24) is 9.78 Å². The average Bonchev–Trinajstić information content (AvgIpc) is 2.53. The largest absolute Gasteiger partial charge is 0.466 e. The molecule has 1 heterocycles. The summed E-state index contributed by atoms with van der Waals surface area (Å²) in [6.45, 7) is 8.73. The minimum Gasteiger partial charge on any atom is -0.466 e. The predicted octanol–water partition coefficient (Wildman–Crippen LogP) is 2.10. The second-order valence-corrected chi connectivity index (χ2v) is 3.71. The Kier molecular flexibility index (Phi) is 3.88. The number of hydrogen-bond donors (Lipinski definition) is 0.